The van der Waals surface area contributed by atoms with Gasteiger partial charge in [-0.05, 0) is 88.2 Å². The number of hydrogen-bond acceptors (Lipinski definition) is 7. The highest BCUT2D eigenvalue weighted by Gasteiger charge is 2.56. The standard InChI is InChI=1S/C38H33ClNO6P/c1-24(2)44-37(43)33-35(31(23-40)34(42)30-22-26(39)20-21-32(30)41)46-38(45-25(3)4)36(33)47(27-14-8-5-9-15-27,28-16-10-6-11-17-28)29-18-12-7-13-19-29/h5-22,24-25,40H,1-4H3/p+1. The van der Waals surface area contributed by atoms with Gasteiger partial charge in [0.05, 0.1) is 17.8 Å². The summed E-state index contributed by atoms with van der Waals surface area (Å²) in [5.41, 5.74) is -0.663. The fraction of sp³-hybridized carbons (Fsp3) is 0.158. The molecular weight excluding hydrogens is 633 g/mol. The average Bonchev–Trinajstić information content (AvgIpc) is 3.42. The van der Waals surface area contributed by atoms with Crippen molar-refractivity contribution in [1.82, 2.24) is 0 Å². The third-order valence-electron chi connectivity index (χ3n) is 7.29. The Morgan fingerprint density at radius 3 is 1.77 bits per heavy atom. The molecular formula is C38H34ClNO6P+. The van der Waals surface area contributed by atoms with Crippen LogP contribution >= 0.6 is 18.9 Å². The Kier molecular flexibility index (Phi) is 10.1. The third kappa shape index (κ3) is 6.52. The number of nitrogens with one attached hydrogen (secondary N) is 1. The summed E-state index contributed by atoms with van der Waals surface area (Å²) in [7, 11) is -3.09. The molecule has 2 N–H and O–H groups in total. The summed E-state index contributed by atoms with van der Waals surface area (Å²) >= 11 is 6.19. The first-order valence-corrected chi connectivity index (χ1v) is 17.2. The van der Waals surface area contributed by atoms with E-state index in [-0.39, 0.29) is 33.6 Å². The van der Waals surface area contributed by atoms with Crippen LogP contribution < -0.4 is 26.0 Å². The number of Topliss-reactive ketones (excluding diaryl/α,β-unsaturated/α-hetero) is 1. The van der Waals surface area contributed by atoms with Gasteiger partial charge in [0.25, 0.3) is 0 Å². The number of rotatable bonds is 11. The lowest BCUT2D eigenvalue weighted by atomic mass is 9.99. The zero-order valence-corrected chi connectivity index (χ0v) is 28.0. The van der Waals surface area contributed by atoms with Gasteiger partial charge < -0.3 is 19.0 Å². The Bertz CT molecular complexity index is 1850. The number of ketones is 1. The summed E-state index contributed by atoms with van der Waals surface area (Å²) in [6.45, 7) is 7.10. The van der Waals surface area contributed by atoms with Gasteiger partial charge in [-0.3, -0.25) is 10.2 Å². The molecule has 0 radical (unpaired) electrons. The summed E-state index contributed by atoms with van der Waals surface area (Å²) in [4.78, 5) is 28.5. The van der Waals surface area contributed by atoms with Crippen LogP contribution in [-0.2, 0) is 4.74 Å². The topological polar surface area (TPSA) is 110 Å². The second-order valence-corrected chi connectivity index (χ2v) is 15.0. The van der Waals surface area contributed by atoms with E-state index in [0.29, 0.717) is 5.30 Å². The van der Waals surface area contributed by atoms with Gasteiger partial charge in [0.2, 0.25) is 11.1 Å². The number of phenolic OH excluding ortho intramolecular Hbond substituents is 1. The second kappa shape index (κ2) is 14.2. The molecule has 0 unspecified atom stereocenters. The minimum atomic E-state index is -3.09. The van der Waals surface area contributed by atoms with Gasteiger partial charge in [-0.2, -0.15) is 0 Å². The summed E-state index contributed by atoms with van der Waals surface area (Å²) in [6.07, 6.45) is -0.948. The predicted molar refractivity (Wildman–Crippen MR) is 188 cm³/mol. The lowest BCUT2D eigenvalue weighted by Crippen LogP contribution is -2.41. The highest BCUT2D eigenvalue weighted by atomic mass is 35.5. The van der Waals surface area contributed by atoms with E-state index >= 15 is 0 Å². The van der Waals surface area contributed by atoms with Crippen molar-refractivity contribution in [2.45, 2.75) is 39.9 Å². The molecule has 4 aromatic carbocycles. The SMILES string of the molecule is CC(C)OC(=O)c1c(C(=C=N)C(=O)c2cc(Cl)ccc2O)oc(OC(C)C)c1[P+](c1ccccc1)(c1ccccc1)c1ccccc1. The number of carbonyl (C=O) groups excluding carboxylic acids is 2. The largest absolute Gasteiger partial charge is 0.507 e. The Morgan fingerprint density at radius 1 is 0.809 bits per heavy atom. The monoisotopic (exact) mass is 666 g/mol. The molecule has 0 bridgehead atoms. The van der Waals surface area contributed by atoms with E-state index in [1.807, 2.05) is 105 Å². The smallest absolute Gasteiger partial charge is 0.346 e. The molecule has 0 amide bonds. The maximum atomic E-state index is 14.4. The number of carbonyl (C=O) groups is 2. The van der Waals surface area contributed by atoms with E-state index in [1.165, 1.54) is 18.2 Å². The number of furan rings is 1. The van der Waals surface area contributed by atoms with Crippen molar-refractivity contribution in [3.8, 4) is 11.7 Å². The summed E-state index contributed by atoms with van der Waals surface area (Å²) < 4.78 is 18.7. The number of hydrogen-bond donors (Lipinski definition) is 2. The molecule has 0 atom stereocenters. The number of esters is 1. The van der Waals surface area contributed by atoms with Crippen LogP contribution in [0.25, 0.3) is 5.57 Å². The molecule has 0 saturated heterocycles. The summed E-state index contributed by atoms with van der Waals surface area (Å²) in [6, 6.07) is 33.3. The predicted octanol–water partition coefficient (Wildman–Crippen LogP) is 7.13. The molecule has 0 aliphatic rings. The number of aromatic hydroxyl groups is 1. The quantitative estimate of drug-likeness (QED) is 0.0511. The number of allylic oxidation sites excluding steroid dienone is 1. The van der Waals surface area contributed by atoms with Crippen LogP contribution in [0.2, 0.25) is 5.02 Å². The van der Waals surface area contributed by atoms with Crippen LogP contribution in [0.1, 0.15) is 54.2 Å². The molecule has 0 spiro atoms. The number of ether oxygens (including phenoxy) is 2. The van der Waals surface area contributed by atoms with Crippen LogP contribution in [0.5, 0.6) is 11.7 Å². The van der Waals surface area contributed by atoms with Gasteiger partial charge in [-0.1, -0.05) is 66.2 Å². The summed E-state index contributed by atoms with van der Waals surface area (Å²) in [5, 5.41) is 22.2. The van der Waals surface area contributed by atoms with Crippen LogP contribution in [0.3, 0.4) is 0 Å². The van der Waals surface area contributed by atoms with Gasteiger partial charge in [0, 0.05) is 5.02 Å². The molecule has 47 heavy (non-hydrogen) atoms. The minimum absolute atomic E-state index is 0.00599. The van der Waals surface area contributed by atoms with Crippen LogP contribution in [0, 0.1) is 5.41 Å². The molecule has 5 aromatic rings. The zero-order valence-electron chi connectivity index (χ0n) is 26.4. The van der Waals surface area contributed by atoms with Gasteiger partial charge >= 0.3 is 11.9 Å². The number of halogens is 1. The van der Waals surface area contributed by atoms with Gasteiger partial charge in [-0.15, -0.1) is 0 Å². The Balaban J connectivity index is 1.99. The van der Waals surface area contributed by atoms with Crippen molar-refractivity contribution in [3.05, 3.63) is 131 Å². The van der Waals surface area contributed by atoms with Crippen molar-refractivity contribution in [2.75, 3.05) is 0 Å². The van der Waals surface area contributed by atoms with Crippen LogP contribution in [0.4, 0.5) is 0 Å². The fourth-order valence-electron chi connectivity index (χ4n) is 5.47. The van der Waals surface area contributed by atoms with Gasteiger partial charge in [-0.25, -0.2) is 4.79 Å². The molecule has 9 heteroatoms. The van der Waals surface area contributed by atoms with Crippen LogP contribution in [0.15, 0.2) is 114 Å². The molecule has 5 rings (SSSR count). The second-order valence-electron chi connectivity index (χ2n) is 11.2. The fourth-order valence-corrected chi connectivity index (χ4v) is 10.1. The van der Waals surface area contributed by atoms with E-state index in [4.69, 9.17) is 30.9 Å². The highest BCUT2D eigenvalue weighted by Crippen LogP contribution is 2.58. The van der Waals surface area contributed by atoms with Crippen LogP contribution in [-0.4, -0.2) is 34.9 Å². The summed E-state index contributed by atoms with van der Waals surface area (Å²) in [5.74, 6) is -0.00310. The molecule has 1 heterocycles. The first kappa shape index (κ1) is 33.4. The molecule has 0 fully saturated rings. The average molecular weight is 667 g/mol. The van der Waals surface area contributed by atoms with Crippen molar-refractivity contribution in [1.29, 1.82) is 5.41 Å². The molecule has 0 aliphatic heterocycles. The van der Waals surface area contributed by atoms with Crippen molar-refractivity contribution >= 4 is 63.3 Å². The van der Waals surface area contributed by atoms with Gasteiger partial charge in [0.15, 0.2) is 18.6 Å². The van der Waals surface area contributed by atoms with Crippen molar-refractivity contribution in [3.63, 3.8) is 0 Å². The van der Waals surface area contributed by atoms with E-state index in [1.54, 1.807) is 13.8 Å². The Hall–Kier alpha value is -4.93. The Labute approximate surface area is 279 Å². The molecule has 0 aliphatic carbocycles. The van der Waals surface area contributed by atoms with Crippen molar-refractivity contribution in [2.24, 2.45) is 0 Å². The molecule has 0 saturated carbocycles. The third-order valence-corrected chi connectivity index (χ3v) is 11.8. The first-order valence-electron chi connectivity index (χ1n) is 15.0. The molecule has 238 valence electrons. The van der Waals surface area contributed by atoms with Gasteiger partial charge in [0.1, 0.15) is 27.2 Å². The molecule has 1 aromatic heterocycles. The molecule has 7 nitrogen and oxygen atoms in total. The van der Waals surface area contributed by atoms with E-state index < -0.39 is 36.8 Å². The minimum Gasteiger partial charge on any atom is -0.507 e. The highest BCUT2D eigenvalue weighted by molar-refractivity contribution is 8.01. The lowest BCUT2D eigenvalue weighted by molar-refractivity contribution is 0.0378. The maximum absolute atomic E-state index is 14.4. The first-order chi connectivity index (χ1) is 22.6. The van der Waals surface area contributed by atoms with E-state index in [0.717, 1.165) is 15.9 Å². The Morgan fingerprint density at radius 2 is 1.32 bits per heavy atom. The maximum Gasteiger partial charge on any atom is 0.346 e. The normalized spacial score (nSPS) is 11.3. The van der Waals surface area contributed by atoms with E-state index in [9.17, 15) is 14.7 Å². The van der Waals surface area contributed by atoms with Crippen molar-refractivity contribution < 1.29 is 28.6 Å². The zero-order chi connectivity index (χ0) is 33.7. The number of phenols is 1. The van der Waals surface area contributed by atoms with E-state index in [2.05, 4.69) is 5.87 Å². The lowest BCUT2D eigenvalue weighted by Gasteiger charge is -2.28. The number of benzene rings is 4.